The molecule has 2 aliphatic rings. The minimum absolute atomic E-state index is 0.0596. The van der Waals surface area contributed by atoms with Crippen LogP contribution in [0.25, 0.3) is 0 Å². The maximum Gasteiger partial charge on any atom is 0.130 e. The second-order valence-electron chi connectivity index (χ2n) is 7.01. The van der Waals surface area contributed by atoms with Crippen LogP contribution in [0.5, 0.6) is 11.5 Å². The lowest BCUT2D eigenvalue weighted by molar-refractivity contribution is 0.0105. The fraction of sp³-hybridized carbons (Fsp3) is 0.429. The molecule has 0 aromatic heterocycles. The normalized spacial score (nSPS) is 21.8. The lowest BCUT2D eigenvalue weighted by atomic mass is 9.74. The molecule has 1 fully saturated rings. The van der Waals surface area contributed by atoms with Gasteiger partial charge in [0.2, 0.25) is 0 Å². The Bertz CT molecular complexity index is 720. The third kappa shape index (κ3) is 2.57. The zero-order chi connectivity index (χ0) is 16.6. The standard InChI is InChI=1S/C21H25NO2/c1-15-19(23-2)9-8-17-18(16-6-4-3-5-7-16)14-21(24-20(15)17)10-12-22-13-11-21/h3-9,18,22H,10-14H2,1-2H3. The Balaban J connectivity index is 1.84. The van der Waals surface area contributed by atoms with Gasteiger partial charge in [0.1, 0.15) is 17.1 Å². The first-order valence-corrected chi connectivity index (χ1v) is 8.85. The molecule has 0 bridgehead atoms. The van der Waals surface area contributed by atoms with Crippen LogP contribution in [0.3, 0.4) is 0 Å². The van der Waals surface area contributed by atoms with Crippen LogP contribution in [0, 0.1) is 6.92 Å². The van der Waals surface area contributed by atoms with Crippen LogP contribution < -0.4 is 14.8 Å². The molecule has 2 heterocycles. The van der Waals surface area contributed by atoms with Gasteiger partial charge >= 0.3 is 0 Å². The summed E-state index contributed by atoms with van der Waals surface area (Å²) in [5.41, 5.74) is 3.73. The van der Waals surface area contributed by atoms with Crippen molar-refractivity contribution in [3.63, 3.8) is 0 Å². The predicted octanol–water partition coefficient (Wildman–Crippen LogP) is 4.04. The monoisotopic (exact) mass is 323 g/mol. The number of fused-ring (bicyclic) bond motifs is 1. The number of piperidine rings is 1. The summed E-state index contributed by atoms with van der Waals surface area (Å²) in [5, 5.41) is 3.47. The van der Waals surface area contributed by atoms with Gasteiger partial charge in [0.05, 0.1) is 7.11 Å². The molecule has 3 nitrogen and oxygen atoms in total. The summed E-state index contributed by atoms with van der Waals surface area (Å²) in [7, 11) is 1.73. The molecule has 0 saturated carbocycles. The van der Waals surface area contributed by atoms with Crippen molar-refractivity contribution in [2.24, 2.45) is 0 Å². The molecule has 0 amide bonds. The van der Waals surface area contributed by atoms with Crippen LogP contribution in [-0.4, -0.2) is 25.8 Å². The quantitative estimate of drug-likeness (QED) is 0.905. The highest BCUT2D eigenvalue weighted by atomic mass is 16.5. The van der Waals surface area contributed by atoms with E-state index in [4.69, 9.17) is 9.47 Å². The van der Waals surface area contributed by atoms with Gasteiger partial charge in [0, 0.05) is 17.0 Å². The van der Waals surface area contributed by atoms with Crippen molar-refractivity contribution >= 4 is 0 Å². The average molecular weight is 323 g/mol. The van der Waals surface area contributed by atoms with Crippen LogP contribution in [0.1, 0.15) is 41.9 Å². The van der Waals surface area contributed by atoms with E-state index in [2.05, 4.69) is 54.7 Å². The number of nitrogens with one attached hydrogen (secondary N) is 1. The van der Waals surface area contributed by atoms with Crippen molar-refractivity contribution < 1.29 is 9.47 Å². The Hall–Kier alpha value is -2.00. The minimum atomic E-state index is -0.0596. The maximum atomic E-state index is 6.67. The molecule has 2 aliphatic heterocycles. The van der Waals surface area contributed by atoms with Crippen LogP contribution in [0.15, 0.2) is 42.5 Å². The van der Waals surface area contributed by atoms with Gasteiger partial charge in [-0.1, -0.05) is 36.4 Å². The molecule has 2 aromatic carbocycles. The van der Waals surface area contributed by atoms with Crippen molar-refractivity contribution in [3.8, 4) is 11.5 Å². The molecule has 0 radical (unpaired) electrons. The van der Waals surface area contributed by atoms with E-state index in [9.17, 15) is 0 Å². The van der Waals surface area contributed by atoms with Crippen LogP contribution in [0.2, 0.25) is 0 Å². The third-order valence-electron chi connectivity index (χ3n) is 5.59. The summed E-state index contributed by atoms with van der Waals surface area (Å²) in [4.78, 5) is 0. The number of methoxy groups -OCH3 is 1. The Morgan fingerprint density at radius 3 is 2.54 bits per heavy atom. The summed E-state index contributed by atoms with van der Waals surface area (Å²) in [6, 6.07) is 15.1. The van der Waals surface area contributed by atoms with Crippen molar-refractivity contribution in [3.05, 3.63) is 59.2 Å². The molecule has 3 heteroatoms. The zero-order valence-corrected chi connectivity index (χ0v) is 14.5. The Kier molecular flexibility index (Phi) is 3.97. The fourth-order valence-electron chi connectivity index (χ4n) is 4.24. The largest absolute Gasteiger partial charge is 0.496 e. The summed E-state index contributed by atoms with van der Waals surface area (Å²) in [5.74, 6) is 2.33. The van der Waals surface area contributed by atoms with Crippen LogP contribution >= 0.6 is 0 Å². The lowest BCUT2D eigenvalue weighted by Crippen LogP contribution is -2.49. The van der Waals surface area contributed by atoms with E-state index in [1.807, 2.05) is 0 Å². The molecule has 1 N–H and O–H groups in total. The Morgan fingerprint density at radius 1 is 1.08 bits per heavy atom. The third-order valence-corrected chi connectivity index (χ3v) is 5.59. The predicted molar refractivity (Wildman–Crippen MR) is 96.1 cm³/mol. The van der Waals surface area contributed by atoms with Crippen molar-refractivity contribution in [1.82, 2.24) is 5.32 Å². The fourth-order valence-corrected chi connectivity index (χ4v) is 4.24. The highest BCUT2D eigenvalue weighted by molar-refractivity contribution is 5.54. The Labute approximate surface area is 144 Å². The number of rotatable bonds is 2. The molecular weight excluding hydrogens is 298 g/mol. The van der Waals surface area contributed by atoms with Gasteiger partial charge in [0.15, 0.2) is 0 Å². The van der Waals surface area contributed by atoms with Crippen molar-refractivity contribution in [1.29, 1.82) is 0 Å². The molecular formula is C21H25NO2. The van der Waals surface area contributed by atoms with Crippen molar-refractivity contribution in [2.45, 2.75) is 37.7 Å². The topological polar surface area (TPSA) is 30.5 Å². The number of benzene rings is 2. The highest BCUT2D eigenvalue weighted by Crippen LogP contribution is 2.50. The van der Waals surface area contributed by atoms with E-state index in [1.165, 1.54) is 11.1 Å². The zero-order valence-electron chi connectivity index (χ0n) is 14.5. The van der Waals surface area contributed by atoms with Gasteiger partial charge in [-0.25, -0.2) is 0 Å². The molecule has 2 aromatic rings. The molecule has 24 heavy (non-hydrogen) atoms. The van der Waals surface area contributed by atoms with E-state index < -0.39 is 0 Å². The average Bonchev–Trinajstić information content (AvgIpc) is 2.63. The number of hydrogen-bond donors (Lipinski definition) is 1. The molecule has 1 saturated heterocycles. The highest BCUT2D eigenvalue weighted by Gasteiger charge is 2.43. The van der Waals surface area contributed by atoms with Gasteiger partial charge in [-0.15, -0.1) is 0 Å². The van der Waals surface area contributed by atoms with E-state index in [1.54, 1.807) is 7.11 Å². The molecule has 126 valence electrons. The van der Waals surface area contributed by atoms with Gasteiger partial charge in [-0.3, -0.25) is 0 Å². The minimum Gasteiger partial charge on any atom is -0.496 e. The maximum absolute atomic E-state index is 6.67. The van der Waals surface area contributed by atoms with Crippen LogP contribution in [0.4, 0.5) is 0 Å². The number of hydrogen-bond acceptors (Lipinski definition) is 3. The molecule has 0 aliphatic carbocycles. The number of ether oxygens (including phenoxy) is 2. The van der Waals surface area contributed by atoms with Gasteiger partial charge in [0.25, 0.3) is 0 Å². The molecule has 4 rings (SSSR count). The smallest absolute Gasteiger partial charge is 0.130 e. The first-order valence-electron chi connectivity index (χ1n) is 8.85. The molecule has 1 atom stereocenters. The van der Waals surface area contributed by atoms with Crippen molar-refractivity contribution in [2.75, 3.05) is 20.2 Å². The van der Waals surface area contributed by atoms with Crippen LogP contribution in [-0.2, 0) is 0 Å². The summed E-state index contributed by atoms with van der Waals surface area (Å²) in [6.45, 7) is 4.17. The van der Waals surface area contributed by atoms with Gasteiger partial charge in [-0.2, -0.15) is 0 Å². The van der Waals surface area contributed by atoms with E-state index in [0.717, 1.165) is 49.4 Å². The van der Waals surface area contributed by atoms with E-state index in [0.29, 0.717) is 5.92 Å². The van der Waals surface area contributed by atoms with E-state index >= 15 is 0 Å². The SMILES string of the molecule is COc1ccc2c(c1C)OC1(CCNCC1)CC2c1ccccc1. The van der Waals surface area contributed by atoms with E-state index in [-0.39, 0.29) is 5.60 Å². The van der Waals surface area contributed by atoms with Gasteiger partial charge < -0.3 is 14.8 Å². The second kappa shape index (κ2) is 6.14. The first-order chi connectivity index (χ1) is 11.7. The van der Waals surface area contributed by atoms with Gasteiger partial charge in [-0.05, 0) is 50.9 Å². The summed E-state index contributed by atoms with van der Waals surface area (Å²) >= 11 is 0. The summed E-state index contributed by atoms with van der Waals surface area (Å²) in [6.07, 6.45) is 3.18. The molecule has 1 unspecified atom stereocenters. The lowest BCUT2D eigenvalue weighted by Gasteiger charge is -2.45. The first kappa shape index (κ1) is 15.5. The molecule has 1 spiro atoms. The second-order valence-corrected chi connectivity index (χ2v) is 7.01. The summed E-state index contributed by atoms with van der Waals surface area (Å²) < 4.78 is 12.2. The Morgan fingerprint density at radius 2 is 1.83 bits per heavy atom.